The Hall–Kier alpha value is -2.89. The fourth-order valence-corrected chi connectivity index (χ4v) is 2.82. The zero-order valence-corrected chi connectivity index (χ0v) is 14.8. The van der Waals surface area contributed by atoms with Crippen molar-refractivity contribution in [2.24, 2.45) is 10.9 Å². The zero-order chi connectivity index (χ0) is 18.9. The molecule has 1 atom stereocenters. The van der Waals surface area contributed by atoms with Gasteiger partial charge >= 0.3 is 0 Å². The quantitative estimate of drug-likeness (QED) is 0.456. The summed E-state index contributed by atoms with van der Waals surface area (Å²) in [6.07, 6.45) is 6.49. The summed E-state index contributed by atoms with van der Waals surface area (Å²) in [7, 11) is 0. The second-order valence-electron chi connectivity index (χ2n) is 6.00. The molecule has 26 heavy (non-hydrogen) atoms. The molecule has 6 heteroatoms. The van der Waals surface area contributed by atoms with E-state index in [2.05, 4.69) is 16.5 Å². The normalized spacial score (nSPS) is 18.0. The number of aliphatic imine (C=N–C) groups is 1. The van der Waals surface area contributed by atoms with Crippen molar-refractivity contribution < 1.29 is 19.0 Å². The van der Waals surface area contributed by atoms with Gasteiger partial charge in [0, 0.05) is 35.8 Å². The van der Waals surface area contributed by atoms with E-state index in [1.165, 1.54) is 6.07 Å². The highest BCUT2D eigenvalue weighted by Gasteiger charge is 2.25. The summed E-state index contributed by atoms with van der Waals surface area (Å²) in [5, 5.41) is 10.1. The van der Waals surface area contributed by atoms with E-state index in [1.54, 1.807) is 24.3 Å². The number of phenols is 1. The van der Waals surface area contributed by atoms with Crippen LogP contribution in [0.2, 0.25) is 0 Å². The van der Waals surface area contributed by atoms with Crippen LogP contribution in [-0.2, 0) is 4.74 Å². The molecule has 1 heterocycles. The molecule has 0 spiro atoms. The van der Waals surface area contributed by atoms with Gasteiger partial charge in [0.2, 0.25) is 5.90 Å². The average molecular weight is 358 g/mol. The zero-order valence-electron chi connectivity index (χ0n) is 14.8. The number of halogens is 1. The maximum Gasteiger partial charge on any atom is 0.212 e. The summed E-state index contributed by atoms with van der Waals surface area (Å²) >= 11 is 0. The Labute approximate surface area is 152 Å². The fourth-order valence-electron chi connectivity index (χ4n) is 2.82. The second kappa shape index (κ2) is 9.56. The molecule has 1 aliphatic rings. The molecule has 1 aromatic carbocycles. The van der Waals surface area contributed by atoms with E-state index in [4.69, 9.17) is 4.74 Å². The van der Waals surface area contributed by atoms with Crippen molar-refractivity contribution in [3.8, 4) is 5.75 Å². The Morgan fingerprint density at radius 1 is 1.54 bits per heavy atom. The van der Waals surface area contributed by atoms with Crippen LogP contribution >= 0.6 is 0 Å². The van der Waals surface area contributed by atoms with Gasteiger partial charge in [-0.15, -0.1) is 0 Å². The molecule has 1 saturated heterocycles. The van der Waals surface area contributed by atoms with Crippen LogP contribution in [0.1, 0.15) is 29.3 Å². The number of benzene rings is 1. The predicted molar refractivity (Wildman–Crippen MR) is 101 cm³/mol. The highest BCUT2D eigenvalue weighted by atomic mass is 19.1. The first-order valence-electron chi connectivity index (χ1n) is 8.40. The van der Waals surface area contributed by atoms with Crippen molar-refractivity contribution in [3.63, 3.8) is 0 Å². The van der Waals surface area contributed by atoms with Gasteiger partial charge in [-0.2, -0.15) is 0 Å². The van der Waals surface area contributed by atoms with Gasteiger partial charge in [0.25, 0.3) is 0 Å². The van der Waals surface area contributed by atoms with Gasteiger partial charge in [-0.3, -0.25) is 4.79 Å². The number of nitrogens with zero attached hydrogens (tertiary/aromatic N) is 2. The van der Waals surface area contributed by atoms with Gasteiger partial charge in [-0.05, 0) is 37.6 Å². The molecule has 138 valence electrons. The first kappa shape index (κ1) is 19.4. The average Bonchev–Trinajstić information content (AvgIpc) is 3.13. The standard InChI is InChI=1S/C20H23FN2O3/c1-3-4-20(22-9-8-21)26-14-17-7-10-23(12-17)15(2)18-11-16(13-24)5-6-19(18)25/h3-6,8-9,11,13,17,25H,2,7,10,12,14H2,1H3/b4-3-,9-8+,22-20+. The number of hydrogen-bond acceptors (Lipinski definition) is 5. The molecule has 0 amide bonds. The number of ether oxygens (including phenoxy) is 1. The van der Waals surface area contributed by atoms with Gasteiger partial charge in [-0.25, -0.2) is 9.38 Å². The van der Waals surface area contributed by atoms with E-state index >= 15 is 0 Å². The number of hydrogen-bond donors (Lipinski definition) is 1. The number of phenolic OH excluding ortho intramolecular Hbond substituents is 1. The second-order valence-corrected chi connectivity index (χ2v) is 6.00. The van der Waals surface area contributed by atoms with Crippen LogP contribution in [0.3, 0.4) is 0 Å². The van der Waals surface area contributed by atoms with Crippen LogP contribution in [0.15, 0.2) is 54.5 Å². The Morgan fingerprint density at radius 3 is 3.04 bits per heavy atom. The van der Waals surface area contributed by atoms with Crippen molar-refractivity contribution in [1.29, 1.82) is 0 Å². The molecule has 1 fully saturated rings. The van der Waals surface area contributed by atoms with Crippen LogP contribution in [-0.4, -0.2) is 41.9 Å². The molecule has 2 rings (SSSR count). The lowest BCUT2D eigenvalue weighted by Crippen LogP contribution is -2.21. The number of likely N-dealkylation sites (tertiary alicyclic amines) is 1. The van der Waals surface area contributed by atoms with Crippen LogP contribution in [0.5, 0.6) is 5.75 Å². The summed E-state index contributed by atoms with van der Waals surface area (Å²) in [5.41, 5.74) is 1.72. The topological polar surface area (TPSA) is 62.1 Å². The summed E-state index contributed by atoms with van der Waals surface area (Å²) in [6.45, 7) is 7.84. The van der Waals surface area contributed by atoms with Crippen LogP contribution < -0.4 is 0 Å². The van der Waals surface area contributed by atoms with Crippen LogP contribution in [0, 0.1) is 5.92 Å². The highest BCUT2D eigenvalue weighted by Crippen LogP contribution is 2.31. The maximum absolute atomic E-state index is 12.1. The summed E-state index contributed by atoms with van der Waals surface area (Å²) < 4.78 is 17.8. The molecule has 5 nitrogen and oxygen atoms in total. The van der Waals surface area contributed by atoms with E-state index in [-0.39, 0.29) is 11.7 Å². The third-order valence-corrected chi connectivity index (χ3v) is 4.17. The molecular weight excluding hydrogens is 335 g/mol. The predicted octanol–water partition coefficient (Wildman–Crippen LogP) is 3.93. The van der Waals surface area contributed by atoms with E-state index in [9.17, 15) is 14.3 Å². The largest absolute Gasteiger partial charge is 0.507 e. The lowest BCUT2D eigenvalue weighted by Gasteiger charge is -2.22. The number of allylic oxidation sites excluding steroid dienone is 1. The van der Waals surface area contributed by atoms with Gasteiger partial charge in [0.15, 0.2) is 0 Å². The minimum absolute atomic E-state index is 0.0980. The number of carbonyl (C=O) groups excluding carboxylic acids is 1. The maximum atomic E-state index is 12.1. The molecular formula is C20H23FN2O3. The monoisotopic (exact) mass is 358 g/mol. The van der Waals surface area contributed by atoms with Crippen molar-refractivity contribution in [1.82, 2.24) is 4.90 Å². The Bertz CT molecular complexity index is 741. The van der Waals surface area contributed by atoms with Crippen molar-refractivity contribution >= 4 is 17.9 Å². The lowest BCUT2D eigenvalue weighted by atomic mass is 10.1. The summed E-state index contributed by atoms with van der Waals surface area (Å²) in [5.74, 6) is 0.712. The third kappa shape index (κ3) is 5.05. The first-order valence-corrected chi connectivity index (χ1v) is 8.40. The Balaban J connectivity index is 1.97. The van der Waals surface area contributed by atoms with Crippen LogP contribution in [0.4, 0.5) is 4.39 Å². The molecule has 0 radical (unpaired) electrons. The van der Waals surface area contributed by atoms with Crippen molar-refractivity contribution in [3.05, 3.63) is 60.6 Å². The molecule has 1 aromatic rings. The van der Waals surface area contributed by atoms with Gasteiger partial charge in [0.05, 0.1) is 12.8 Å². The van der Waals surface area contributed by atoms with Crippen LogP contribution in [0.25, 0.3) is 5.70 Å². The number of rotatable bonds is 7. The van der Waals surface area contributed by atoms with Gasteiger partial charge in [-0.1, -0.05) is 12.7 Å². The molecule has 0 saturated carbocycles. The fraction of sp³-hybridized carbons (Fsp3) is 0.300. The first-order chi connectivity index (χ1) is 12.6. The third-order valence-electron chi connectivity index (χ3n) is 4.17. The number of aldehydes is 1. The van der Waals surface area contributed by atoms with E-state index < -0.39 is 0 Å². The van der Waals surface area contributed by atoms with Gasteiger partial charge < -0.3 is 14.7 Å². The molecule has 0 aliphatic carbocycles. The number of aromatic hydroxyl groups is 1. The SMILES string of the molecule is C=C(c1cc(C=O)ccc1O)N1CCC(COC(/C=C\C)=N/C=C/F)C1. The van der Waals surface area contributed by atoms with Crippen molar-refractivity contribution in [2.75, 3.05) is 19.7 Å². The molecule has 0 aromatic heterocycles. The minimum Gasteiger partial charge on any atom is -0.507 e. The Kier molecular flexibility index (Phi) is 7.14. The van der Waals surface area contributed by atoms with E-state index in [1.807, 2.05) is 6.92 Å². The molecule has 1 unspecified atom stereocenters. The summed E-state index contributed by atoms with van der Waals surface area (Å²) in [6, 6.07) is 4.70. The lowest BCUT2D eigenvalue weighted by molar-refractivity contribution is 0.112. The molecule has 0 bridgehead atoms. The Morgan fingerprint density at radius 2 is 2.35 bits per heavy atom. The smallest absolute Gasteiger partial charge is 0.212 e. The molecule has 1 N–H and O–H groups in total. The number of carbonyl (C=O) groups is 1. The van der Waals surface area contributed by atoms with E-state index in [0.717, 1.165) is 25.5 Å². The van der Waals surface area contributed by atoms with Gasteiger partial charge in [0.1, 0.15) is 18.4 Å². The highest BCUT2D eigenvalue weighted by molar-refractivity contribution is 5.88. The van der Waals surface area contributed by atoms with E-state index in [0.29, 0.717) is 42.2 Å². The summed E-state index contributed by atoms with van der Waals surface area (Å²) in [4.78, 5) is 16.9. The van der Waals surface area contributed by atoms with Crippen molar-refractivity contribution in [2.45, 2.75) is 13.3 Å². The minimum atomic E-state index is 0.0980. The molecule has 1 aliphatic heterocycles.